The first kappa shape index (κ1) is 18.0. The summed E-state index contributed by atoms with van der Waals surface area (Å²) < 4.78 is 0. The van der Waals surface area contributed by atoms with Crippen molar-refractivity contribution in [2.24, 2.45) is 11.3 Å². The van der Waals surface area contributed by atoms with Crippen LogP contribution in [0.25, 0.3) is 0 Å². The number of carbonyl (C=O) groups excluding carboxylic acids is 2. The van der Waals surface area contributed by atoms with Crippen LogP contribution in [0.15, 0.2) is 24.3 Å². The van der Waals surface area contributed by atoms with Crippen molar-refractivity contribution in [3.63, 3.8) is 0 Å². The van der Waals surface area contributed by atoms with E-state index in [0.717, 1.165) is 32.1 Å². The number of likely N-dealkylation sites (tertiary alicyclic amines) is 1. The van der Waals surface area contributed by atoms with Gasteiger partial charge in [-0.25, -0.2) is 0 Å². The molecule has 0 spiro atoms. The van der Waals surface area contributed by atoms with Crippen LogP contribution >= 0.6 is 0 Å². The Balaban J connectivity index is 1.57. The molecule has 136 valence electrons. The minimum atomic E-state index is -0.346. The van der Waals surface area contributed by atoms with Gasteiger partial charge in [-0.1, -0.05) is 45.0 Å². The summed E-state index contributed by atoms with van der Waals surface area (Å²) in [7, 11) is 0. The Kier molecular flexibility index (Phi) is 5.16. The highest BCUT2D eigenvalue weighted by atomic mass is 16.2. The molecule has 1 saturated heterocycles. The van der Waals surface area contributed by atoms with Crippen molar-refractivity contribution < 1.29 is 9.59 Å². The predicted octanol–water partition coefficient (Wildman–Crippen LogP) is 3.46. The summed E-state index contributed by atoms with van der Waals surface area (Å²) >= 11 is 0. The second-order valence-corrected chi connectivity index (χ2v) is 8.47. The van der Waals surface area contributed by atoms with Gasteiger partial charge in [0.25, 0.3) is 0 Å². The van der Waals surface area contributed by atoms with Gasteiger partial charge in [0.2, 0.25) is 11.8 Å². The molecular formula is C21H30N2O2. The van der Waals surface area contributed by atoms with Gasteiger partial charge in [-0.15, -0.1) is 0 Å². The van der Waals surface area contributed by atoms with Crippen LogP contribution in [-0.2, 0) is 16.0 Å². The quantitative estimate of drug-likeness (QED) is 0.895. The van der Waals surface area contributed by atoms with Crippen molar-refractivity contribution in [2.75, 3.05) is 13.1 Å². The van der Waals surface area contributed by atoms with Gasteiger partial charge in [-0.2, -0.15) is 0 Å². The molecule has 1 atom stereocenters. The highest BCUT2D eigenvalue weighted by molar-refractivity contribution is 5.83. The topological polar surface area (TPSA) is 49.4 Å². The van der Waals surface area contributed by atoms with Gasteiger partial charge in [-0.05, 0) is 43.2 Å². The van der Waals surface area contributed by atoms with Crippen LogP contribution in [0.3, 0.4) is 0 Å². The lowest BCUT2D eigenvalue weighted by atomic mass is 9.86. The number of fused-ring (bicyclic) bond motifs is 1. The molecule has 1 N–H and O–H groups in total. The van der Waals surface area contributed by atoms with Crippen molar-refractivity contribution >= 4 is 11.8 Å². The summed E-state index contributed by atoms with van der Waals surface area (Å²) in [4.78, 5) is 27.0. The molecule has 0 radical (unpaired) electrons. The summed E-state index contributed by atoms with van der Waals surface area (Å²) in [5, 5.41) is 3.28. The Morgan fingerprint density at radius 1 is 1.08 bits per heavy atom. The normalized spacial score (nSPS) is 21.6. The van der Waals surface area contributed by atoms with E-state index >= 15 is 0 Å². The first-order valence-corrected chi connectivity index (χ1v) is 9.54. The Morgan fingerprint density at radius 2 is 1.76 bits per heavy atom. The Labute approximate surface area is 151 Å². The number of nitrogens with one attached hydrogen (secondary N) is 1. The summed E-state index contributed by atoms with van der Waals surface area (Å²) in [6.45, 7) is 7.24. The summed E-state index contributed by atoms with van der Waals surface area (Å²) in [6.07, 6.45) is 4.78. The van der Waals surface area contributed by atoms with Crippen molar-refractivity contribution in [3.05, 3.63) is 35.4 Å². The van der Waals surface area contributed by atoms with Crippen LogP contribution < -0.4 is 5.32 Å². The number of benzene rings is 1. The van der Waals surface area contributed by atoms with Crippen LogP contribution in [0.2, 0.25) is 0 Å². The van der Waals surface area contributed by atoms with Crippen LogP contribution in [0.1, 0.15) is 63.6 Å². The van der Waals surface area contributed by atoms with Crippen molar-refractivity contribution in [2.45, 2.75) is 58.9 Å². The summed E-state index contributed by atoms with van der Waals surface area (Å²) in [5.41, 5.74) is 2.30. The van der Waals surface area contributed by atoms with Crippen molar-refractivity contribution in [3.8, 4) is 0 Å². The Hall–Kier alpha value is -1.84. The molecule has 0 aromatic heterocycles. The number of aryl methyl sites for hydroxylation is 1. The number of nitrogens with zero attached hydrogens (tertiary/aromatic N) is 1. The molecule has 4 nitrogen and oxygen atoms in total. The van der Waals surface area contributed by atoms with Crippen molar-refractivity contribution in [1.29, 1.82) is 0 Å². The maximum atomic E-state index is 12.7. The van der Waals surface area contributed by atoms with Gasteiger partial charge in [0.15, 0.2) is 0 Å². The fraction of sp³-hybridized carbons (Fsp3) is 0.619. The molecule has 25 heavy (non-hydrogen) atoms. The van der Waals surface area contributed by atoms with Gasteiger partial charge in [0.1, 0.15) is 0 Å². The lowest BCUT2D eigenvalue weighted by Gasteiger charge is -2.36. The maximum absolute atomic E-state index is 12.7. The minimum absolute atomic E-state index is 0.0260. The van der Waals surface area contributed by atoms with E-state index in [2.05, 4.69) is 29.6 Å². The fourth-order valence-electron chi connectivity index (χ4n) is 4.01. The molecule has 1 unspecified atom stereocenters. The number of rotatable bonds is 2. The largest absolute Gasteiger partial charge is 0.349 e. The first-order chi connectivity index (χ1) is 11.9. The molecule has 1 heterocycles. The number of carbonyl (C=O) groups is 2. The SMILES string of the molecule is CC(C)(C)C(=O)N1CCC(C(=O)NC2CCCc3ccccc32)CC1. The van der Waals surface area contributed by atoms with Crippen LogP contribution in [0.5, 0.6) is 0 Å². The van der Waals surface area contributed by atoms with Crippen LogP contribution in [-0.4, -0.2) is 29.8 Å². The van der Waals surface area contributed by atoms with Gasteiger partial charge in [0, 0.05) is 24.4 Å². The average Bonchev–Trinajstić information content (AvgIpc) is 2.61. The molecular weight excluding hydrogens is 312 g/mol. The first-order valence-electron chi connectivity index (χ1n) is 9.54. The number of hydrogen-bond donors (Lipinski definition) is 1. The second-order valence-electron chi connectivity index (χ2n) is 8.47. The Bertz CT molecular complexity index is 640. The zero-order valence-electron chi connectivity index (χ0n) is 15.7. The smallest absolute Gasteiger partial charge is 0.227 e. The Morgan fingerprint density at radius 3 is 2.44 bits per heavy atom. The molecule has 1 aromatic carbocycles. The highest BCUT2D eigenvalue weighted by Crippen LogP contribution is 2.30. The van der Waals surface area contributed by atoms with E-state index < -0.39 is 0 Å². The third-order valence-corrected chi connectivity index (χ3v) is 5.48. The average molecular weight is 342 g/mol. The van der Waals surface area contributed by atoms with Crippen LogP contribution in [0, 0.1) is 11.3 Å². The van der Waals surface area contributed by atoms with E-state index in [1.54, 1.807) is 0 Å². The molecule has 3 rings (SSSR count). The van der Waals surface area contributed by atoms with Crippen molar-refractivity contribution in [1.82, 2.24) is 10.2 Å². The van der Waals surface area contributed by atoms with Gasteiger partial charge < -0.3 is 10.2 Å². The minimum Gasteiger partial charge on any atom is -0.349 e. The van der Waals surface area contributed by atoms with E-state index in [1.165, 1.54) is 11.1 Å². The number of hydrogen-bond acceptors (Lipinski definition) is 2. The lowest BCUT2D eigenvalue weighted by Crippen LogP contribution is -2.47. The monoisotopic (exact) mass is 342 g/mol. The van der Waals surface area contributed by atoms with E-state index in [0.29, 0.717) is 13.1 Å². The van der Waals surface area contributed by atoms with E-state index in [1.807, 2.05) is 25.7 Å². The molecule has 2 amide bonds. The zero-order chi connectivity index (χ0) is 18.0. The molecule has 1 aliphatic heterocycles. The third-order valence-electron chi connectivity index (χ3n) is 5.48. The molecule has 2 aliphatic rings. The standard InChI is InChI=1S/C21H30N2O2/c1-21(2,3)20(25)23-13-11-16(12-14-23)19(24)22-18-10-6-8-15-7-4-5-9-17(15)18/h4-5,7,9,16,18H,6,8,10-14H2,1-3H3,(H,22,24). The third kappa shape index (κ3) is 4.05. The van der Waals surface area contributed by atoms with Gasteiger partial charge in [0.05, 0.1) is 6.04 Å². The lowest BCUT2D eigenvalue weighted by molar-refractivity contribution is -0.142. The van der Waals surface area contributed by atoms with E-state index in [4.69, 9.17) is 0 Å². The molecule has 1 aliphatic carbocycles. The number of piperidine rings is 1. The second kappa shape index (κ2) is 7.19. The number of amides is 2. The van der Waals surface area contributed by atoms with Gasteiger partial charge >= 0.3 is 0 Å². The molecule has 4 heteroatoms. The zero-order valence-corrected chi connectivity index (χ0v) is 15.7. The van der Waals surface area contributed by atoms with Gasteiger partial charge in [-0.3, -0.25) is 9.59 Å². The molecule has 0 saturated carbocycles. The molecule has 1 aromatic rings. The van der Waals surface area contributed by atoms with E-state index in [-0.39, 0.29) is 29.2 Å². The summed E-state index contributed by atoms with van der Waals surface area (Å²) in [6, 6.07) is 8.59. The highest BCUT2D eigenvalue weighted by Gasteiger charge is 2.33. The molecule has 1 fully saturated rings. The van der Waals surface area contributed by atoms with Crippen LogP contribution in [0.4, 0.5) is 0 Å². The maximum Gasteiger partial charge on any atom is 0.227 e. The fourth-order valence-corrected chi connectivity index (χ4v) is 4.01. The molecule has 0 bridgehead atoms. The summed E-state index contributed by atoms with van der Waals surface area (Å²) in [5.74, 6) is 0.371. The van der Waals surface area contributed by atoms with E-state index in [9.17, 15) is 9.59 Å². The predicted molar refractivity (Wildman–Crippen MR) is 99.0 cm³/mol.